The number of anilines is 1. The smallest absolute Gasteiger partial charge is 0.255 e. The van der Waals surface area contributed by atoms with Crippen molar-refractivity contribution in [2.45, 2.75) is 75.5 Å². The number of hydrogen-bond donors (Lipinski definition) is 3. The third-order valence-electron chi connectivity index (χ3n) is 7.52. The molecule has 12 heteroatoms. The molecule has 3 aliphatic heterocycles. The molecule has 3 heterocycles. The highest BCUT2D eigenvalue weighted by Gasteiger charge is 2.60. The van der Waals surface area contributed by atoms with E-state index in [1.165, 1.54) is 6.92 Å². The summed E-state index contributed by atoms with van der Waals surface area (Å²) >= 11 is 0. The average Bonchev–Trinajstić information content (AvgIpc) is 2.85. The number of benzene rings is 1. The van der Waals surface area contributed by atoms with Gasteiger partial charge < -0.3 is 20.9 Å². The Hall–Kier alpha value is -3.36. The summed E-state index contributed by atoms with van der Waals surface area (Å²) in [7, 11) is 0. The van der Waals surface area contributed by atoms with Crippen molar-refractivity contribution in [3.05, 3.63) is 29.8 Å². The van der Waals surface area contributed by atoms with E-state index in [2.05, 4.69) is 16.0 Å². The molecule has 0 spiro atoms. The lowest BCUT2D eigenvalue weighted by Crippen LogP contribution is -2.70. The van der Waals surface area contributed by atoms with Gasteiger partial charge in [0.1, 0.15) is 29.8 Å². The van der Waals surface area contributed by atoms with Crippen LogP contribution in [-0.2, 0) is 14.4 Å². The fraction of sp³-hybridized carbons (Fsp3) is 0.600. The number of carbonyl (C=O) groups is 3. The Balaban J connectivity index is 1.54. The number of nitriles is 1. The van der Waals surface area contributed by atoms with E-state index in [9.17, 15) is 37.2 Å². The predicted octanol–water partition coefficient (Wildman–Crippen LogP) is 2.70. The monoisotopic (exact) mass is 523 g/mol. The lowest BCUT2D eigenvalue weighted by molar-refractivity contribution is -0.194. The SMILES string of the molecule is C[C@H](Nc1cc(F)ccc1F)C(=O)N1[C@@H]2CC[C@H]([C@@H]1C(=O)N[C@@H](C#N)C[C@@H]1CCCNC1=O)C(F)(F)C2. The summed E-state index contributed by atoms with van der Waals surface area (Å²) in [5.41, 5.74) is -0.273. The molecule has 5 rings (SSSR count). The van der Waals surface area contributed by atoms with Gasteiger partial charge in [-0.1, -0.05) is 0 Å². The second kappa shape index (κ2) is 10.6. The van der Waals surface area contributed by atoms with E-state index in [-0.39, 0.29) is 30.9 Å². The number of carbonyl (C=O) groups excluding carboxylic acids is 3. The molecular formula is C25H29F4N5O3. The number of nitrogens with zero attached hydrogens (tertiary/aromatic N) is 2. The summed E-state index contributed by atoms with van der Waals surface area (Å²) in [5.74, 6) is -8.52. The van der Waals surface area contributed by atoms with Crippen molar-refractivity contribution in [2.24, 2.45) is 11.8 Å². The molecule has 6 atom stereocenters. The van der Waals surface area contributed by atoms with Gasteiger partial charge in [0.25, 0.3) is 5.92 Å². The molecule has 1 aliphatic carbocycles. The highest BCUT2D eigenvalue weighted by atomic mass is 19.3. The molecule has 1 aromatic carbocycles. The van der Waals surface area contributed by atoms with Crippen LogP contribution in [0.2, 0.25) is 0 Å². The number of nitrogens with one attached hydrogen (secondary N) is 3. The lowest BCUT2D eigenvalue weighted by atomic mass is 9.71. The highest BCUT2D eigenvalue weighted by molar-refractivity contribution is 5.92. The number of halogens is 4. The van der Waals surface area contributed by atoms with Crippen molar-refractivity contribution in [2.75, 3.05) is 11.9 Å². The van der Waals surface area contributed by atoms with Crippen LogP contribution in [0.1, 0.15) is 45.4 Å². The predicted molar refractivity (Wildman–Crippen MR) is 124 cm³/mol. The van der Waals surface area contributed by atoms with Gasteiger partial charge in [-0.3, -0.25) is 14.4 Å². The molecule has 2 bridgehead atoms. The van der Waals surface area contributed by atoms with Gasteiger partial charge in [-0.2, -0.15) is 5.26 Å². The Labute approximate surface area is 211 Å². The maximum absolute atomic E-state index is 14.9. The summed E-state index contributed by atoms with van der Waals surface area (Å²) in [5, 5.41) is 17.4. The quantitative estimate of drug-likeness (QED) is 0.476. The molecule has 3 amide bonds. The van der Waals surface area contributed by atoms with Crippen molar-refractivity contribution in [1.29, 1.82) is 5.26 Å². The molecule has 4 fully saturated rings. The van der Waals surface area contributed by atoms with E-state index in [0.29, 0.717) is 13.0 Å². The number of amides is 3. The maximum atomic E-state index is 14.9. The van der Waals surface area contributed by atoms with Crippen LogP contribution in [0.25, 0.3) is 0 Å². The van der Waals surface area contributed by atoms with E-state index in [1.54, 1.807) is 0 Å². The number of alkyl halides is 2. The van der Waals surface area contributed by atoms with Crippen LogP contribution in [0.15, 0.2) is 18.2 Å². The first-order chi connectivity index (χ1) is 17.5. The molecule has 200 valence electrons. The molecule has 37 heavy (non-hydrogen) atoms. The van der Waals surface area contributed by atoms with E-state index in [1.807, 2.05) is 6.07 Å². The normalized spacial score (nSPS) is 28.0. The Morgan fingerprint density at radius 2 is 2.03 bits per heavy atom. The second-order valence-electron chi connectivity index (χ2n) is 10.0. The van der Waals surface area contributed by atoms with E-state index < -0.39 is 71.8 Å². The highest BCUT2D eigenvalue weighted by Crippen LogP contribution is 2.49. The minimum atomic E-state index is -3.20. The van der Waals surface area contributed by atoms with Gasteiger partial charge in [0.05, 0.1) is 17.7 Å². The average molecular weight is 524 g/mol. The zero-order chi connectivity index (χ0) is 26.9. The molecule has 3 N–H and O–H groups in total. The molecule has 1 aromatic rings. The van der Waals surface area contributed by atoms with Crippen LogP contribution in [0.5, 0.6) is 0 Å². The van der Waals surface area contributed by atoms with Crippen molar-refractivity contribution in [1.82, 2.24) is 15.5 Å². The summed E-state index contributed by atoms with van der Waals surface area (Å²) in [6, 6.07) is -0.139. The first-order valence-electron chi connectivity index (χ1n) is 12.4. The fourth-order valence-corrected chi connectivity index (χ4v) is 5.70. The van der Waals surface area contributed by atoms with E-state index >= 15 is 0 Å². The number of hydrogen-bond acceptors (Lipinski definition) is 5. The molecule has 3 saturated heterocycles. The van der Waals surface area contributed by atoms with Crippen LogP contribution < -0.4 is 16.0 Å². The minimum Gasteiger partial charge on any atom is -0.371 e. The van der Waals surface area contributed by atoms with Crippen molar-refractivity contribution < 1.29 is 31.9 Å². The van der Waals surface area contributed by atoms with Gasteiger partial charge in [0.2, 0.25) is 17.7 Å². The van der Waals surface area contributed by atoms with Crippen LogP contribution in [-0.4, -0.2) is 59.3 Å². The number of piperidine rings is 3. The van der Waals surface area contributed by atoms with Crippen LogP contribution in [0, 0.1) is 34.8 Å². The standard InChI is InChI=1S/C25H29F4N5O3/c1-13(32-20-10-15(26)4-7-19(20)27)24(37)34-17-5-6-18(25(28,29)11-17)21(34)23(36)33-16(12-30)9-14-3-2-8-31-22(14)35/h4,7,10,13-14,16-18,21,32H,2-3,5-6,8-9,11H2,1H3,(H,31,35)(H,33,36)/t13-,14-,16+,17+,18+,21+/m0/s1. The van der Waals surface area contributed by atoms with Gasteiger partial charge in [-0.25, -0.2) is 17.6 Å². The summed E-state index contributed by atoms with van der Waals surface area (Å²) < 4.78 is 57.5. The van der Waals surface area contributed by atoms with Crippen LogP contribution in [0.3, 0.4) is 0 Å². The molecule has 8 nitrogen and oxygen atoms in total. The fourth-order valence-electron chi connectivity index (χ4n) is 5.70. The summed E-state index contributed by atoms with van der Waals surface area (Å²) in [4.78, 5) is 40.0. The molecular weight excluding hydrogens is 494 g/mol. The Morgan fingerprint density at radius 1 is 1.27 bits per heavy atom. The van der Waals surface area contributed by atoms with Gasteiger partial charge in [0.15, 0.2) is 0 Å². The van der Waals surface area contributed by atoms with Gasteiger partial charge >= 0.3 is 0 Å². The van der Waals surface area contributed by atoms with Crippen molar-refractivity contribution in [3.63, 3.8) is 0 Å². The molecule has 0 aromatic heterocycles. The van der Waals surface area contributed by atoms with E-state index in [4.69, 9.17) is 0 Å². The number of rotatable bonds is 7. The molecule has 4 aliphatic rings. The molecule has 0 unspecified atom stereocenters. The third kappa shape index (κ3) is 5.50. The van der Waals surface area contributed by atoms with Crippen molar-refractivity contribution in [3.8, 4) is 6.07 Å². The van der Waals surface area contributed by atoms with Gasteiger partial charge in [0, 0.05) is 24.9 Å². The Kier molecular flexibility index (Phi) is 7.62. The third-order valence-corrected chi connectivity index (χ3v) is 7.52. The topological polar surface area (TPSA) is 114 Å². The van der Waals surface area contributed by atoms with Gasteiger partial charge in [-0.05, 0) is 57.2 Å². The zero-order valence-electron chi connectivity index (χ0n) is 20.3. The Morgan fingerprint density at radius 3 is 2.70 bits per heavy atom. The number of fused-ring (bicyclic) bond motifs is 3. The molecule has 0 radical (unpaired) electrons. The first-order valence-corrected chi connectivity index (χ1v) is 12.4. The van der Waals surface area contributed by atoms with E-state index in [0.717, 1.165) is 29.5 Å². The largest absolute Gasteiger partial charge is 0.371 e. The first kappa shape index (κ1) is 26.7. The van der Waals surface area contributed by atoms with Crippen LogP contribution in [0.4, 0.5) is 23.2 Å². The second-order valence-corrected chi connectivity index (χ2v) is 10.0. The lowest BCUT2D eigenvalue weighted by Gasteiger charge is -2.54. The van der Waals surface area contributed by atoms with Crippen molar-refractivity contribution >= 4 is 23.4 Å². The van der Waals surface area contributed by atoms with Crippen LogP contribution >= 0.6 is 0 Å². The zero-order valence-corrected chi connectivity index (χ0v) is 20.3. The van der Waals surface area contributed by atoms with Gasteiger partial charge in [-0.15, -0.1) is 0 Å². The summed E-state index contributed by atoms with van der Waals surface area (Å²) in [6.45, 7) is 1.91. The summed E-state index contributed by atoms with van der Waals surface area (Å²) in [6.07, 6.45) is 0.952. The minimum absolute atomic E-state index is 0.0160. The maximum Gasteiger partial charge on any atom is 0.255 e. The Bertz CT molecular complexity index is 1110. The molecule has 1 saturated carbocycles.